The predicted molar refractivity (Wildman–Crippen MR) is 63.5 cm³/mol. The minimum Gasteiger partial charge on any atom is -0.472 e. The fourth-order valence-electron chi connectivity index (χ4n) is 5.09. The first-order valence-corrected chi connectivity index (χ1v) is 7.02. The molecule has 1 heterocycles. The van der Waals surface area contributed by atoms with Gasteiger partial charge in [0.1, 0.15) is 5.60 Å². The molecule has 0 amide bonds. The summed E-state index contributed by atoms with van der Waals surface area (Å²) < 4.78 is 6.32. The second kappa shape index (κ2) is 3.02. The van der Waals surface area contributed by atoms with Crippen molar-refractivity contribution in [1.82, 2.24) is 0 Å². The van der Waals surface area contributed by atoms with Crippen LogP contribution in [0, 0.1) is 23.7 Å². The molecule has 0 aromatic carbocycles. The average Bonchev–Trinajstić information content (AvgIpc) is 2.70. The van der Waals surface area contributed by atoms with Gasteiger partial charge in [0.2, 0.25) is 0 Å². The van der Waals surface area contributed by atoms with Gasteiger partial charge in [-0.2, -0.15) is 0 Å². The lowest BCUT2D eigenvalue weighted by Crippen LogP contribution is -2.59. The molecule has 5 rings (SSSR count). The summed E-state index contributed by atoms with van der Waals surface area (Å²) >= 11 is 0. The van der Waals surface area contributed by atoms with Crippen LogP contribution < -0.4 is 0 Å². The fourth-order valence-corrected chi connectivity index (χ4v) is 5.09. The van der Waals surface area contributed by atoms with E-state index in [-0.39, 0.29) is 5.60 Å². The van der Waals surface area contributed by atoms with Gasteiger partial charge in [0, 0.05) is 18.3 Å². The standard InChI is InChI=1S/C14H21NO/c1-2-13-15-8-14(16-13)11-4-9-3-10(6-11)7-12(14)5-9/h9-12H,2-8H2,1H3. The first-order valence-electron chi connectivity index (χ1n) is 7.02. The Morgan fingerprint density at radius 1 is 1.12 bits per heavy atom. The molecule has 16 heavy (non-hydrogen) atoms. The topological polar surface area (TPSA) is 21.6 Å². The van der Waals surface area contributed by atoms with E-state index in [0.29, 0.717) is 0 Å². The van der Waals surface area contributed by atoms with Gasteiger partial charge in [0.15, 0.2) is 5.90 Å². The van der Waals surface area contributed by atoms with E-state index in [0.717, 1.165) is 42.5 Å². The molecule has 0 aromatic rings. The van der Waals surface area contributed by atoms with Crippen molar-refractivity contribution >= 4 is 5.90 Å². The largest absolute Gasteiger partial charge is 0.472 e. The Balaban J connectivity index is 1.66. The quantitative estimate of drug-likeness (QED) is 0.664. The molecule has 0 saturated heterocycles. The van der Waals surface area contributed by atoms with E-state index >= 15 is 0 Å². The highest BCUT2D eigenvalue weighted by atomic mass is 16.5. The maximum atomic E-state index is 6.32. The van der Waals surface area contributed by atoms with E-state index in [1.807, 2.05) is 0 Å². The van der Waals surface area contributed by atoms with Crippen molar-refractivity contribution in [3.63, 3.8) is 0 Å². The fraction of sp³-hybridized carbons (Fsp3) is 0.929. The zero-order valence-electron chi connectivity index (χ0n) is 10.1. The monoisotopic (exact) mass is 219 g/mol. The van der Waals surface area contributed by atoms with Gasteiger partial charge in [-0.05, 0) is 43.9 Å². The van der Waals surface area contributed by atoms with Crippen LogP contribution in [0.3, 0.4) is 0 Å². The lowest BCUT2D eigenvalue weighted by molar-refractivity contribution is -0.148. The summed E-state index contributed by atoms with van der Waals surface area (Å²) in [6.07, 6.45) is 8.22. The molecule has 2 heteroatoms. The number of nitrogens with zero attached hydrogens (tertiary/aromatic N) is 1. The summed E-state index contributed by atoms with van der Waals surface area (Å²) in [4.78, 5) is 4.65. The maximum Gasteiger partial charge on any atom is 0.183 e. The number of rotatable bonds is 1. The highest BCUT2D eigenvalue weighted by molar-refractivity contribution is 5.78. The molecular formula is C14H21NO. The van der Waals surface area contributed by atoms with Crippen LogP contribution in [0.2, 0.25) is 0 Å². The Bertz CT molecular complexity index is 319. The molecule has 4 fully saturated rings. The molecule has 5 aliphatic rings. The Kier molecular flexibility index (Phi) is 1.79. The van der Waals surface area contributed by atoms with Gasteiger partial charge in [0.05, 0.1) is 6.54 Å². The number of hydrogen-bond donors (Lipinski definition) is 0. The Labute approximate surface area is 97.5 Å². The molecule has 1 aliphatic heterocycles. The average molecular weight is 219 g/mol. The normalized spacial score (nSPS) is 53.2. The van der Waals surface area contributed by atoms with Crippen molar-refractivity contribution in [3.05, 3.63) is 0 Å². The first-order chi connectivity index (χ1) is 7.80. The summed E-state index contributed by atoms with van der Waals surface area (Å²) in [5, 5.41) is 0. The molecule has 4 saturated carbocycles. The summed E-state index contributed by atoms with van der Waals surface area (Å²) in [5.74, 6) is 4.75. The summed E-state index contributed by atoms with van der Waals surface area (Å²) in [6.45, 7) is 3.14. The molecule has 4 bridgehead atoms. The molecule has 2 nitrogen and oxygen atoms in total. The number of ether oxygens (including phenoxy) is 1. The zero-order valence-corrected chi connectivity index (χ0v) is 10.1. The van der Waals surface area contributed by atoms with Crippen LogP contribution in [0.4, 0.5) is 0 Å². The zero-order chi connectivity index (χ0) is 10.8. The summed E-state index contributed by atoms with van der Waals surface area (Å²) in [7, 11) is 0. The molecule has 0 N–H and O–H groups in total. The number of aliphatic imine (C=N–C) groups is 1. The van der Waals surface area contributed by atoms with Crippen molar-refractivity contribution in [2.24, 2.45) is 28.7 Å². The molecule has 1 spiro atoms. The molecule has 0 radical (unpaired) electrons. The van der Waals surface area contributed by atoms with E-state index in [9.17, 15) is 0 Å². The second-order valence-electron chi connectivity index (χ2n) is 6.42. The molecule has 0 atom stereocenters. The van der Waals surface area contributed by atoms with Crippen molar-refractivity contribution in [3.8, 4) is 0 Å². The van der Waals surface area contributed by atoms with Gasteiger partial charge < -0.3 is 4.74 Å². The molecule has 88 valence electrons. The first kappa shape index (κ1) is 9.49. The van der Waals surface area contributed by atoms with Gasteiger partial charge in [0.25, 0.3) is 0 Å². The molecule has 0 aromatic heterocycles. The lowest BCUT2D eigenvalue weighted by Gasteiger charge is -2.58. The molecule has 4 aliphatic carbocycles. The van der Waals surface area contributed by atoms with Gasteiger partial charge in [-0.3, -0.25) is 4.99 Å². The summed E-state index contributed by atoms with van der Waals surface area (Å²) in [5.41, 5.74) is 0.165. The molecular weight excluding hydrogens is 198 g/mol. The van der Waals surface area contributed by atoms with Crippen molar-refractivity contribution < 1.29 is 4.74 Å². The highest BCUT2D eigenvalue weighted by Gasteiger charge is 2.60. The highest BCUT2D eigenvalue weighted by Crippen LogP contribution is 2.60. The third-order valence-corrected chi connectivity index (χ3v) is 5.63. The minimum atomic E-state index is 0.165. The van der Waals surface area contributed by atoms with Crippen LogP contribution >= 0.6 is 0 Å². The number of hydrogen-bond acceptors (Lipinski definition) is 2. The Hall–Kier alpha value is -0.530. The van der Waals surface area contributed by atoms with Gasteiger partial charge in [-0.15, -0.1) is 0 Å². The second-order valence-corrected chi connectivity index (χ2v) is 6.42. The van der Waals surface area contributed by atoms with E-state index in [2.05, 4.69) is 11.9 Å². The van der Waals surface area contributed by atoms with Gasteiger partial charge in [-0.25, -0.2) is 0 Å². The van der Waals surface area contributed by atoms with Crippen LogP contribution in [0.1, 0.15) is 45.4 Å². The minimum absolute atomic E-state index is 0.165. The van der Waals surface area contributed by atoms with Crippen LogP contribution in [-0.4, -0.2) is 18.0 Å². The van der Waals surface area contributed by atoms with Crippen LogP contribution in [0.15, 0.2) is 4.99 Å². The third kappa shape index (κ3) is 1.06. The predicted octanol–water partition coefficient (Wildman–Crippen LogP) is 3.02. The van der Waals surface area contributed by atoms with Crippen molar-refractivity contribution in [1.29, 1.82) is 0 Å². The Morgan fingerprint density at radius 2 is 1.75 bits per heavy atom. The SMILES string of the molecule is CCC1=NCC2(O1)C1CC3CC(C1)CC2C3. The van der Waals surface area contributed by atoms with Crippen LogP contribution in [0.25, 0.3) is 0 Å². The lowest BCUT2D eigenvalue weighted by atomic mass is 9.50. The van der Waals surface area contributed by atoms with Crippen LogP contribution in [-0.2, 0) is 4.74 Å². The van der Waals surface area contributed by atoms with Gasteiger partial charge >= 0.3 is 0 Å². The third-order valence-electron chi connectivity index (χ3n) is 5.63. The van der Waals surface area contributed by atoms with E-state index in [1.54, 1.807) is 0 Å². The van der Waals surface area contributed by atoms with Crippen molar-refractivity contribution in [2.45, 2.75) is 51.0 Å². The summed E-state index contributed by atoms with van der Waals surface area (Å²) in [6, 6.07) is 0. The van der Waals surface area contributed by atoms with Gasteiger partial charge in [-0.1, -0.05) is 6.92 Å². The smallest absolute Gasteiger partial charge is 0.183 e. The maximum absolute atomic E-state index is 6.32. The van der Waals surface area contributed by atoms with E-state index in [4.69, 9.17) is 4.74 Å². The van der Waals surface area contributed by atoms with Crippen molar-refractivity contribution in [2.75, 3.05) is 6.54 Å². The molecule has 0 unspecified atom stereocenters. The van der Waals surface area contributed by atoms with Crippen LogP contribution in [0.5, 0.6) is 0 Å². The Morgan fingerprint density at radius 3 is 2.25 bits per heavy atom. The van der Waals surface area contributed by atoms with E-state index in [1.165, 1.54) is 32.1 Å². The van der Waals surface area contributed by atoms with E-state index < -0.39 is 0 Å².